The lowest BCUT2D eigenvalue weighted by Crippen LogP contribution is -2.07. The molecule has 0 radical (unpaired) electrons. The predicted molar refractivity (Wildman–Crippen MR) is 73.5 cm³/mol. The molecule has 0 atom stereocenters. The van der Waals surface area contributed by atoms with Crippen molar-refractivity contribution in [2.75, 3.05) is 0 Å². The van der Waals surface area contributed by atoms with Crippen LogP contribution in [0.25, 0.3) is 0 Å². The quantitative estimate of drug-likeness (QED) is 0.905. The van der Waals surface area contributed by atoms with Crippen LogP contribution in [0.3, 0.4) is 0 Å². The molecule has 2 rings (SSSR count). The molecule has 2 aromatic carbocycles. The fourth-order valence-electron chi connectivity index (χ4n) is 1.98. The van der Waals surface area contributed by atoms with Crippen molar-refractivity contribution in [1.29, 1.82) is 0 Å². The maximum Gasteiger partial charge on any atom is 0.336 e. The molecule has 104 valence electrons. The number of ether oxygens (including phenoxy) is 1. The third-order valence-electron chi connectivity index (χ3n) is 3.03. The van der Waals surface area contributed by atoms with Crippen molar-refractivity contribution in [2.24, 2.45) is 0 Å². The SMILES string of the molecule is CCc1ccccc1OCc1cc(F)ccc1C(=O)O. The van der Waals surface area contributed by atoms with Gasteiger partial charge in [0.2, 0.25) is 0 Å². The van der Waals surface area contributed by atoms with Crippen LogP contribution < -0.4 is 4.74 Å². The molecule has 0 heterocycles. The first kappa shape index (κ1) is 14.1. The first-order chi connectivity index (χ1) is 9.61. The van der Waals surface area contributed by atoms with E-state index in [0.717, 1.165) is 18.1 Å². The number of aromatic carboxylic acids is 1. The Kier molecular flexibility index (Phi) is 4.35. The predicted octanol–water partition coefficient (Wildman–Crippen LogP) is 3.67. The fourth-order valence-corrected chi connectivity index (χ4v) is 1.98. The Bertz CT molecular complexity index is 623. The molecule has 0 saturated carbocycles. The summed E-state index contributed by atoms with van der Waals surface area (Å²) in [5.74, 6) is -0.875. The Morgan fingerprint density at radius 3 is 2.65 bits per heavy atom. The second-order valence-electron chi connectivity index (χ2n) is 4.36. The van der Waals surface area contributed by atoms with E-state index in [1.54, 1.807) is 0 Å². The topological polar surface area (TPSA) is 46.5 Å². The van der Waals surface area contributed by atoms with Crippen LogP contribution in [0.5, 0.6) is 5.75 Å². The van der Waals surface area contributed by atoms with Crippen LogP contribution in [-0.2, 0) is 13.0 Å². The molecule has 0 aliphatic heterocycles. The fraction of sp³-hybridized carbons (Fsp3) is 0.188. The molecule has 3 nitrogen and oxygen atoms in total. The Morgan fingerprint density at radius 2 is 1.95 bits per heavy atom. The molecule has 0 aliphatic carbocycles. The number of benzene rings is 2. The highest BCUT2D eigenvalue weighted by Gasteiger charge is 2.12. The molecule has 0 aliphatic rings. The highest BCUT2D eigenvalue weighted by molar-refractivity contribution is 5.89. The summed E-state index contributed by atoms with van der Waals surface area (Å²) in [6, 6.07) is 11.1. The molecule has 0 bridgehead atoms. The number of carboxylic acids is 1. The smallest absolute Gasteiger partial charge is 0.336 e. The monoisotopic (exact) mass is 274 g/mol. The summed E-state index contributed by atoms with van der Waals surface area (Å²) in [6.07, 6.45) is 0.811. The average Bonchev–Trinajstić information content (AvgIpc) is 2.45. The molecular formula is C16H15FO3. The lowest BCUT2D eigenvalue weighted by Gasteiger charge is -2.12. The van der Waals surface area contributed by atoms with Gasteiger partial charge in [0.1, 0.15) is 18.2 Å². The molecule has 0 saturated heterocycles. The number of carbonyl (C=O) groups is 1. The summed E-state index contributed by atoms with van der Waals surface area (Å²) in [5, 5.41) is 9.08. The van der Waals surface area contributed by atoms with E-state index in [-0.39, 0.29) is 12.2 Å². The van der Waals surface area contributed by atoms with Gasteiger partial charge in [0.15, 0.2) is 0 Å². The van der Waals surface area contributed by atoms with Gasteiger partial charge in [-0.3, -0.25) is 0 Å². The molecular weight excluding hydrogens is 259 g/mol. The summed E-state index contributed by atoms with van der Waals surface area (Å²) in [4.78, 5) is 11.1. The number of halogens is 1. The van der Waals surface area contributed by atoms with Gasteiger partial charge in [0, 0.05) is 5.56 Å². The van der Waals surface area contributed by atoms with E-state index < -0.39 is 11.8 Å². The second kappa shape index (κ2) is 6.19. The van der Waals surface area contributed by atoms with Crippen molar-refractivity contribution in [3.8, 4) is 5.75 Å². The maximum absolute atomic E-state index is 13.2. The third-order valence-corrected chi connectivity index (χ3v) is 3.03. The minimum atomic E-state index is -1.09. The molecule has 0 aromatic heterocycles. The van der Waals surface area contributed by atoms with Gasteiger partial charge >= 0.3 is 5.97 Å². The van der Waals surface area contributed by atoms with Crippen LogP contribution in [-0.4, -0.2) is 11.1 Å². The molecule has 4 heteroatoms. The van der Waals surface area contributed by atoms with Crippen molar-refractivity contribution in [1.82, 2.24) is 0 Å². The summed E-state index contributed by atoms with van der Waals surface area (Å²) in [5.41, 5.74) is 1.41. The van der Waals surface area contributed by atoms with Crippen LogP contribution in [0.15, 0.2) is 42.5 Å². The van der Waals surface area contributed by atoms with Gasteiger partial charge in [-0.05, 0) is 36.2 Å². The van der Waals surface area contributed by atoms with E-state index in [2.05, 4.69) is 0 Å². The Morgan fingerprint density at radius 1 is 1.20 bits per heavy atom. The van der Waals surface area contributed by atoms with Crippen molar-refractivity contribution in [3.05, 3.63) is 65.0 Å². The van der Waals surface area contributed by atoms with Gasteiger partial charge in [-0.2, -0.15) is 0 Å². The van der Waals surface area contributed by atoms with Crippen molar-refractivity contribution in [2.45, 2.75) is 20.0 Å². The summed E-state index contributed by atoms with van der Waals surface area (Å²) in [6.45, 7) is 2.03. The Hall–Kier alpha value is -2.36. The lowest BCUT2D eigenvalue weighted by atomic mass is 10.1. The zero-order valence-corrected chi connectivity index (χ0v) is 11.1. The summed E-state index contributed by atoms with van der Waals surface area (Å²) in [7, 11) is 0. The van der Waals surface area contributed by atoms with E-state index in [0.29, 0.717) is 11.3 Å². The molecule has 2 aromatic rings. The second-order valence-corrected chi connectivity index (χ2v) is 4.36. The molecule has 1 N–H and O–H groups in total. The minimum Gasteiger partial charge on any atom is -0.489 e. The highest BCUT2D eigenvalue weighted by Crippen LogP contribution is 2.21. The van der Waals surface area contributed by atoms with Crippen LogP contribution in [0.2, 0.25) is 0 Å². The molecule has 0 fully saturated rings. The first-order valence-corrected chi connectivity index (χ1v) is 6.34. The summed E-state index contributed by atoms with van der Waals surface area (Å²) < 4.78 is 18.9. The van der Waals surface area contributed by atoms with E-state index in [4.69, 9.17) is 9.84 Å². The van der Waals surface area contributed by atoms with Crippen LogP contribution in [0.1, 0.15) is 28.4 Å². The van der Waals surface area contributed by atoms with E-state index >= 15 is 0 Å². The minimum absolute atomic E-state index is 0.0242. The van der Waals surface area contributed by atoms with E-state index in [9.17, 15) is 9.18 Å². The van der Waals surface area contributed by atoms with Gasteiger partial charge in [0.25, 0.3) is 0 Å². The third kappa shape index (κ3) is 3.15. The van der Waals surface area contributed by atoms with Crippen molar-refractivity contribution >= 4 is 5.97 Å². The Labute approximate surface area is 116 Å². The summed E-state index contributed by atoms with van der Waals surface area (Å²) >= 11 is 0. The zero-order chi connectivity index (χ0) is 14.5. The molecule has 0 spiro atoms. The van der Waals surface area contributed by atoms with Crippen molar-refractivity contribution in [3.63, 3.8) is 0 Å². The van der Waals surface area contributed by atoms with E-state index in [1.807, 2.05) is 31.2 Å². The normalized spacial score (nSPS) is 10.3. The van der Waals surface area contributed by atoms with Crippen LogP contribution in [0, 0.1) is 5.82 Å². The molecule has 0 amide bonds. The molecule has 0 unspecified atom stereocenters. The van der Waals surface area contributed by atoms with Gasteiger partial charge in [-0.25, -0.2) is 9.18 Å². The number of hydrogen-bond acceptors (Lipinski definition) is 2. The van der Waals surface area contributed by atoms with Gasteiger partial charge in [-0.1, -0.05) is 25.1 Å². The largest absolute Gasteiger partial charge is 0.489 e. The zero-order valence-electron chi connectivity index (χ0n) is 11.1. The molecule has 20 heavy (non-hydrogen) atoms. The number of aryl methyl sites for hydroxylation is 1. The number of hydrogen-bond donors (Lipinski definition) is 1. The van der Waals surface area contributed by atoms with Gasteiger partial charge in [0.05, 0.1) is 5.56 Å². The van der Waals surface area contributed by atoms with Gasteiger partial charge in [-0.15, -0.1) is 0 Å². The average molecular weight is 274 g/mol. The lowest BCUT2D eigenvalue weighted by molar-refractivity contribution is 0.0694. The number of rotatable bonds is 5. The van der Waals surface area contributed by atoms with Crippen molar-refractivity contribution < 1.29 is 19.0 Å². The number of carboxylic acid groups (broad SMARTS) is 1. The number of para-hydroxylation sites is 1. The van der Waals surface area contributed by atoms with E-state index in [1.165, 1.54) is 12.1 Å². The first-order valence-electron chi connectivity index (χ1n) is 6.34. The standard InChI is InChI=1S/C16H15FO3/c1-2-11-5-3-4-6-15(11)20-10-12-9-13(17)7-8-14(12)16(18)19/h3-9H,2,10H2,1H3,(H,18,19). The maximum atomic E-state index is 13.2. The van der Waals surface area contributed by atoms with Gasteiger partial charge < -0.3 is 9.84 Å². The highest BCUT2D eigenvalue weighted by atomic mass is 19.1. The van der Waals surface area contributed by atoms with Crippen LogP contribution in [0.4, 0.5) is 4.39 Å². The van der Waals surface area contributed by atoms with Crippen LogP contribution >= 0.6 is 0 Å². The Balaban J connectivity index is 2.22.